The monoisotopic (exact) mass is 527 g/mol. The van der Waals surface area contributed by atoms with Gasteiger partial charge in [0.1, 0.15) is 5.75 Å². The number of ether oxygens (including phenoxy) is 1. The van der Waals surface area contributed by atoms with Gasteiger partial charge in [0, 0.05) is 35.8 Å². The highest BCUT2D eigenvalue weighted by Gasteiger charge is 2.33. The van der Waals surface area contributed by atoms with E-state index in [1.165, 1.54) is 12.1 Å². The molecule has 12 heteroatoms. The van der Waals surface area contributed by atoms with Gasteiger partial charge in [-0.15, -0.1) is 0 Å². The lowest BCUT2D eigenvalue weighted by Crippen LogP contribution is -2.14. The molecule has 1 N–H and O–H groups in total. The number of aromatic nitrogens is 4. The van der Waals surface area contributed by atoms with Crippen molar-refractivity contribution in [3.05, 3.63) is 101 Å². The number of hydrogen-bond donors (Lipinski definition) is 1. The molecule has 37 heavy (non-hydrogen) atoms. The maximum absolute atomic E-state index is 14.7. The van der Waals surface area contributed by atoms with Gasteiger partial charge in [-0.25, -0.2) is 14.1 Å². The molecule has 0 spiro atoms. The van der Waals surface area contributed by atoms with Crippen LogP contribution in [-0.2, 0) is 6.18 Å². The number of anilines is 1. The Kier molecular flexibility index (Phi) is 6.22. The van der Waals surface area contributed by atoms with E-state index in [1.807, 2.05) is 0 Å². The molecule has 0 unspecified atom stereocenters. The molecule has 2 aromatic heterocycles. The van der Waals surface area contributed by atoms with Gasteiger partial charge in [-0.1, -0.05) is 11.6 Å². The molecule has 7 nitrogen and oxygen atoms in total. The fourth-order valence-corrected chi connectivity index (χ4v) is 3.66. The van der Waals surface area contributed by atoms with Crippen LogP contribution in [0.25, 0.3) is 16.9 Å². The van der Waals surface area contributed by atoms with Crippen LogP contribution in [-0.4, -0.2) is 25.7 Å². The molecule has 2 heterocycles. The standard InChI is InChI=1S/C25H14ClF4N5O2/c26-18-5-2-14(10-17(18)25(28,29)30)24(36)33-15-3-7-22(19(27)11-15)37-16-4-6-20-21(12-16)34-23(13-31-20)35-9-1-8-32-35/h1-13H,(H,33,36). The van der Waals surface area contributed by atoms with Crippen molar-refractivity contribution in [1.29, 1.82) is 0 Å². The summed E-state index contributed by atoms with van der Waals surface area (Å²) in [4.78, 5) is 21.2. The number of alkyl halides is 3. The summed E-state index contributed by atoms with van der Waals surface area (Å²) in [6.45, 7) is 0. The van der Waals surface area contributed by atoms with E-state index >= 15 is 0 Å². The Hall–Kier alpha value is -4.51. The molecular weight excluding hydrogens is 514 g/mol. The van der Waals surface area contributed by atoms with E-state index in [-0.39, 0.29) is 22.7 Å². The third-order valence-corrected chi connectivity index (χ3v) is 5.52. The first-order valence-electron chi connectivity index (χ1n) is 10.6. The first kappa shape index (κ1) is 24.2. The van der Waals surface area contributed by atoms with Gasteiger partial charge in [-0.05, 0) is 48.5 Å². The van der Waals surface area contributed by atoms with Gasteiger partial charge in [0.25, 0.3) is 5.91 Å². The first-order chi connectivity index (χ1) is 17.7. The zero-order valence-electron chi connectivity index (χ0n) is 18.5. The zero-order valence-corrected chi connectivity index (χ0v) is 19.3. The minimum absolute atomic E-state index is 0.0200. The molecule has 0 radical (unpaired) electrons. The van der Waals surface area contributed by atoms with Gasteiger partial charge in [-0.3, -0.25) is 9.78 Å². The van der Waals surface area contributed by atoms with Gasteiger partial charge >= 0.3 is 6.18 Å². The molecule has 0 saturated heterocycles. The SMILES string of the molecule is O=C(Nc1ccc(Oc2ccc3ncc(-n4cccn4)nc3c2)c(F)c1)c1ccc(Cl)c(C(F)(F)F)c1. The summed E-state index contributed by atoms with van der Waals surface area (Å²) in [7, 11) is 0. The third-order valence-electron chi connectivity index (χ3n) is 5.19. The van der Waals surface area contributed by atoms with Crippen LogP contribution >= 0.6 is 11.6 Å². The van der Waals surface area contributed by atoms with E-state index in [9.17, 15) is 22.4 Å². The number of hydrogen-bond acceptors (Lipinski definition) is 5. The van der Waals surface area contributed by atoms with E-state index in [0.717, 1.165) is 18.2 Å². The van der Waals surface area contributed by atoms with E-state index in [1.54, 1.807) is 47.5 Å². The van der Waals surface area contributed by atoms with Crippen LogP contribution in [0.5, 0.6) is 11.5 Å². The predicted octanol–water partition coefficient (Wildman–Crippen LogP) is 6.67. The summed E-state index contributed by atoms with van der Waals surface area (Å²) in [5.41, 5.74) is -0.321. The van der Waals surface area contributed by atoms with Crippen LogP contribution in [0.15, 0.2) is 79.3 Å². The Morgan fingerprint density at radius 3 is 2.59 bits per heavy atom. The number of nitrogens with one attached hydrogen (secondary N) is 1. The second-order valence-corrected chi connectivity index (χ2v) is 8.13. The van der Waals surface area contributed by atoms with E-state index < -0.39 is 28.5 Å². The Morgan fingerprint density at radius 1 is 1.03 bits per heavy atom. The molecule has 1 amide bonds. The summed E-state index contributed by atoms with van der Waals surface area (Å²) < 4.78 is 61.2. The molecule has 0 aliphatic heterocycles. The van der Waals surface area contributed by atoms with Gasteiger partial charge < -0.3 is 10.1 Å². The number of benzene rings is 3. The molecule has 0 fully saturated rings. The second-order valence-electron chi connectivity index (χ2n) is 7.72. The van der Waals surface area contributed by atoms with Crippen molar-refractivity contribution in [2.75, 3.05) is 5.32 Å². The van der Waals surface area contributed by atoms with Crippen LogP contribution in [0.4, 0.5) is 23.2 Å². The molecule has 186 valence electrons. The molecule has 0 atom stereocenters. The van der Waals surface area contributed by atoms with Crippen LogP contribution in [0.2, 0.25) is 5.02 Å². The van der Waals surface area contributed by atoms with Crippen LogP contribution in [0.3, 0.4) is 0 Å². The lowest BCUT2D eigenvalue weighted by molar-refractivity contribution is -0.137. The van der Waals surface area contributed by atoms with Crippen molar-refractivity contribution in [2.24, 2.45) is 0 Å². The Balaban J connectivity index is 1.33. The number of rotatable bonds is 5. The summed E-state index contributed by atoms with van der Waals surface area (Å²) >= 11 is 5.59. The number of nitrogens with zero attached hydrogens (tertiary/aromatic N) is 4. The highest BCUT2D eigenvalue weighted by atomic mass is 35.5. The van der Waals surface area contributed by atoms with Crippen molar-refractivity contribution in [3.63, 3.8) is 0 Å². The zero-order chi connectivity index (χ0) is 26.2. The van der Waals surface area contributed by atoms with Crippen molar-refractivity contribution < 1.29 is 27.1 Å². The number of amides is 1. The quantitative estimate of drug-likeness (QED) is 0.258. The van der Waals surface area contributed by atoms with Crippen LogP contribution in [0, 0.1) is 5.82 Å². The van der Waals surface area contributed by atoms with Gasteiger partial charge in [0.05, 0.1) is 27.8 Å². The molecule has 5 aromatic rings. The van der Waals surface area contributed by atoms with E-state index in [4.69, 9.17) is 16.3 Å². The maximum atomic E-state index is 14.7. The van der Waals surface area contributed by atoms with Gasteiger partial charge in [-0.2, -0.15) is 18.3 Å². The Morgan fingerprint density at radius 2 is 1.86 bits per heavy atom. The number of fused-ring (bicyclic) bond motifs is 1. The summed E-state index contributed by atoms with van der Waals surface area (Å²) in [5.74, 6) is -1.03. The second kappa shape index (κ2) is 9.51. The van der Waals surface area contributed by atoms with Crippen LogP contribution in [0.1, 0.15) is 15.9 Å². The highest BCUT2D eigenvalue weighted by Crippen LogP contribution is 2.35. The van der Waals surface area contributed by atoms with Crippen molar-refractivity contribution >= 4 is 34.2 Å². The molecule has 5 rings (SSSR count). The van der Waals surface area contributed by atoms with Crippen LogP contribution < -0.4 is 10.1 Å². The minimum Gasteiger partial charge on any atom is -0.454 e. The normalized spacial score (nSPS) is 11.5. The average Bonchev–Trinajstić information content (AvgIpc) is 3.40. The maximum Gasteiger partial charge on any atom is 0.417 e. The molecule has 0 aliphatic rings. The fourth-order valence-electron chi connectivity index (χ4n) is 3.44. The topological polar surface area (TPSA) is 81.9 Å². The molecule has 0 aliphatic carbocycles. The molecule has 0 bridgehead atoms. The minimum atomic E-state index is -4.73. The predicted molar refractivity (Wildman–Crippen MR) is 128 cm³/mol. The van der Waals surface area contributed by atoms with Crippen molar-refractivity contribution in [2.45, 2.75) is 6.18 Å². The number of carbonyl (C=O) groups is 1. The lowest BCUT2D eigenvalue weighted by Gasteiger charge is -2.12. The fraction of sp³-hybridized carbons (Fsp3) is 0.0400. The van der Waals surface area contributed by atoms with Crippen molar-refractivity contribution in [1.82, 2.24) is 19.7 Å². The van der Waals surface area contributed by atoms with Gasteiger partial charge in [0.15, 0.2) is 17.4 Å². The average molecular weight is 528 g/mol. The molecule has 3 aromatic carbocycles. The Labute approximate surface area is 211 Å². The first-order valence-corrected chi connectivity index (χ1v) is 11.0. The summed E-state index contributed by atoms with van der Waals surface area (Å²) in [6, 6.07) is 13.0. The smallest absolute Gasteiger partial charge is 0.417 e. The third kappa shape index (κ3) is 5.21. The summed E-state index contributed by atoms with van der Waals surface area (Å²) in [5, 5.41) is 5.94. The largest absolute Gasteiger partial charge is 0.454 e. The Bertz CT molecular complexity index is 1620. The molecule has 0 saturated carbocycles. The highest BCUT2D eigenvalue weighted by molar-refractivity contribution is 6.31. The summed E-state index contributed by atoms with van der Waals surface area (Å²) in [6.07, 6.45) is 0.160. The molecular formula is C25H14ClF4N5O2. The van der Waals surface area contributed by atoms with E-state index in [2.05, 4.69) is 20.4 Å². The number of halogens is 5. The van der Waals surface area contributed by atoms with Crippen molar-refractivity contribution in [3.8, 4) is 17.3 Å². The van der Waals surface area contributed by atoms with Gasteiger partial charge in [0.2, 0.25) is 0 Å². The lowest BCUT2D eigenvalue weighted by atomic mass is 10.1. The van der Waals surface area contributed by atoms with E-state index in [0.29, 0.717) is 22.9 Å². The number of carbonyl (C=O) groups excluding carboxylic acids is 1.